The fourth-order valence-electron chi connectivity index (χ4n) is 4.05. The van der Waals surface area contributed by atoms with Crippen LogP contribution in [0.25, 0.3) is 33.5 Å². The molecule has 0 aliphatic carbocycles. The first-order valence-corrected chi connectivity index (χ1v) is 11.0. The summed E-state index contributed by atoms with van der Waals surface area (Å²) in [7, 11) is 0. The van der Waals surface area contributed by atoms with Gasteiger partial charge >= 0.3 is 0 Å². The summed E-state index contributed by atoms with van der Waals surface area (Å²) in [6.07, 6.45) is 2.85. The third-order valence-corrected chi connectivity index (χ3v) is 5.68. The van der Waals surface area contributed by atoms with Gasteiger partial charge < -0.3 is 10.3 Å². The number of fused-ring (bicyclic) bond motifs is 1. The number of nitrogens with one attached hydrogen (secondary N) is 2. The average molecular weight is 488 g/mol. The second-order valence-electron chi connectivity index (χ2n) is 8.02. The first kappa shape index (κ1) is 23.2. The number of pyridine rings is 2. The van der Waals surface area contributed by atoms with Gasteiger partial charge in [-0.25, -0.2) is 28.1 Å². The molecule has 0 saturated carbocycles. The Morgan fingerprint density at radius 1 is 1.00 bits per heavy atom. The normalized spacial score (nSPS) is 12.1. The highest BCUT2D eigenvalue weighted by molar-refractivity contribution is 6.01. The number of benzene rings is 1. The first-order chi connectivity index (χ1) is 17.5. The molecule has 1 aromatic carbocycles. The number of carbonyl (C=O) groups is 1. The largest absolute Gasteiger partial charge is 0.351 e. The molecule has 0 unspecified atom stereocenters. The zero-order valence-electron chi connectivity index (χ0n) is 18.7. The van der Waals surface area contributed by atoms with Gasteiger partial charge in [-0.15, -0.1) is 0 Å². The number of halogens is 3. The molecule has 1 atom stereocenters. The summed E-state index contributed by atoms with van der Waals surface area (Å²) in [5.41, 5.74) is 4.46. The van der Waals surface area contributed by atoms with E-state index in [0.717, 1.165) is 17.7 Å². The zero-order chi connectivity index (χ0) is 25.1. The van der Waals surface area contributed by atoms with Crippen molar-refractivity contribution in [3.63, 3.8) is 0 Å². The van der Waals surface area contributed by atoms with Crippen LogP contribution in [0.4, 0.5) is 19.0 Å². The predicted molar refractivity (Wildman–Crippen MR) is 129 cm³/mol. The minimum absolute atomic E-state index is 0.176. The van der Waals surface area contributed by atoms with Gasteiger partial charge in [0.05, 0.1) is 34.6 Å². The third kappa shape index (κ3) is 4.78. The number of amides is 1. The number of hydrogen-bond donors (Lipinski definition) is 2. The van der Waals surface area contributed by atoms with Gasteiger partial charge in [-0.1, -0.05) is 18.2 Å². The number of anilines is 1. The van der Waals surface area contributed by atoms with Crippen molar-refractivity contribution in [1.29, 1.82) is 0 Å². The van der Waals surface area contributed by atoms with Crippen LogP contribution in [0.3, 0.4) is 0 Å². The van der Waals surface area contributed by atoms with Crippen molar-refractivity contribution in [3.05, 3.63) is 90.9 Å². The van der Waals surface area contributed by atoms with E-state index < -0.39 is 30.5 Å². The van der Waals surface area contributed by atoms with Crippen LogP contribution in [0, 0.1) is 5.82 Å². The summed E-state index contributed by atoms with van der Waals surface area (Å²) < 4.78 is 39.8. The molecule has 0 spiro atoms. The van der Waals surface area contributed by atoms with E-state index in [0.29, 0.717) is 28.0 Å². The van der Waals surface area contributed by atoms with E-state index in [1.165, 1.54) is 24.7 Å². The van der Waals surface area contributed by atoms with E-state index in [2.05, 4.69) is 30.2 Å². The van der Waals surface area contributed by atoms with Crippen molar-refractivity contribution in [3.8, 4) is 22.5 Å². The van der Waals surface area contributed by atoms with E-state index >= 15 is 0 Å². The second-order valence-corrected chi connectivity index (χ2v) is 8.02. The number of aromatic nitrogens is 5. The Labute approximate surface area is 203 Å². The molecule has 4 heterocycles. The molecular weight excluding hydrogens is 469 g/mol. The lowest BCUT2D eigenvalue weighted by Gasteiger charge is -2.17. The van der Waals surface area contributed by atoms with Gasteiger partial charge in [0.25, 0.3) is 0 Å². The van der Waals surface area contributed by atoms with Crippen LogP contribution < -0.4 is 5.32 Å². The Morgan fingerprint density at radius 3 is 2.58 bits per heavy atom. The van der Waals surface area contributed by atoms with Crippen LogP contribution in [0.2, 0.25) is 0 Å². The number of carbonyl (C=O) groups excluding carboxylic acids is 1. The minimum Gasteiger partial charge on any atom is -0.351 e. The van der Waals surface area contributed by atoms with E-state index in [-0.39, 0.29) is 11.4 Å². The SMILES string of the molecule is O=C(Nc1cc(-c2[nH]c3cncnc3c2-c2ccccn2)ccn1)[C@@H](CC(F)F)c1ccc(F)cc1. The number of rotatable bonds is 7. The summed E-state index contributed by atoms with van der Waals surface area (Å²) in [6.45, 7) is 0. The molecule has 10 heteroatoms. The second kappa shape index (κ2) is 9.95. The molecule has 0 aliphatic heterocycles. The maximum atomic E-state index is 13.3. The summed E-state index contributed by atoms with van der Waals surface area (Å²) in [5, 5.41) is 2.63. The Bertz CT molecular complexity index is 1510. The highest BCUT2D eigenvalue weighted by atomic mass is 19.3. The molecule has 4 aromatic heterocycles. The van der Waals surface area contributed by atoms with Gasteiger partial charge in [-0.2, -0.15) is 0 Å². The van der Waals surface area contributed by atoms with E-state index in [9.17, 15) is 18.0 Å². The van der Waals surface area contributed by atoms with Crippen molar-refractivity contribution >= 4 is 22.8 Å². The highest BCUT2D eigenvalue weighted by Gasteiger charge is 2.26. The van der Waals surface area contributed by atoms with Crippen LogP contribution in [-0.4, -0.2) is 37.3 Å². The molecule has 1 amide bonds. The molecule has 0 aliphatic rings. The fourth-order valence-corrected chi connectivity index (χ4v) is 4.05. The Hall–Kier alpha value is -4.60. The van der Waals surface area contributed by atoms with Crippen molar-refractivity contribution in [2.45, 2.75) is 18.8 Å². The van der Waals surface area contributed by atoms with Crippen LogP contribution in [0.1, 0.15) is 17.9 Å². The molecule has 7 nitrogen and oxygen atoms in total. The topological polar surface area (TPSA) is 96.5 Å². The molecule has 0 saturated heterocycles. The molecule has 5 rings (SSSR count). The van der Waals surface area contributed by atoms with Gasteiger partial charge in [0, 0.05) is 24.4 Å². The monoisotopic (exact) mass is 488 g/mol. The van der Waals surface area contributed by atoms with E-state index in [1.807, 2.05) is 18.2 Å². The molecular formula is C26H19F3N6O. The maximum absolute atomic E-state index is 13.3. The number of hydrogen-bond acceptors (Lipinski definition) is 5. The summed E-state index contributed by atoms with van der Waals surface area (Å²) >= 11 is 0. The summed E-state index contributed by atoms with van der Waals surface area (Å²) in [5.74, 6) is -2.19. The number of alkyl halides is 2. The van der Waals surface area contributed by atoms with Crippen LogP contribution in [0.5, 0.6) is 0 Å². The van der Waals surface area contributed by atoms with E-state index in [4.69, 9.17) is 0 Å². The third-order valence-electron chi connectivity index (χ3n) is 5.68. The minimum atomic E-state index is -2.72. The van der Waals surface area contributed by atoms with Gasteiger partial charge in [-0.3, -0.25) is 9.78 Å². The standard InChI is InChI=1S/C26H19F3N6O/c27-17-6-4-15(5-7-17)18(12-21(28)29)26(36)35-22-11-16(8-10-32-22)24-23(19-3-1-2-9-31-19)25-20(34-24)13-30-14-33-25/h1-11,13-14,18,21,34H,12H2,(H,32,35,36)/t18-/m0/s1. The Balaban J connectivity index is 1.50. The number of H-pyrrole nitrogens is 1. The van der Waals surface area contributed by atoms with Crippen LogP contribution >= 0.6 is 0 Å². The molecule has 5 aromatic rings. The quantitative estimate of drug-likeness (QED) is 0.311. The van der Waals surface area contributed by atoms with Crippen molar-refractivity contribution in [1.82, 2.24) is 24.9 Å². The summed E-state index contributed by atoms with van der Waals surface area (Å²) in [6, 6.07) is 13.8. The van der Waals surface area contributed by atoms with Gasteiger partial charge in [0.15, 0.2) is 0 Å². The first-order valence-electron chi connectivity index (χ1n) is 11.0. The predicted octanol–water partition coefficient (Wildman–Crippen LogP) is 5.60. The molecule has 36 heavy (non-hydrogen) atoms. The molecule has 0 fully saturated rings. The highest BCUT2D eigenvalue weighted by Crippen LogP contribution is 2.36. The fraction of sp³-hybridized carbons (Fsp3) is 0.115. The number of aromatic amines is 1. The van der Waals surface area contributed by atoms with Crippen LogP contribution in [0.15, 0.2) is 79.5 Å². The molecule has 180 valence electrons. The maximum Gasteiger partial charge on any atom is 0.239 e. The van der Waals surface area contributed by atoms with Gasteiger partial charge in [-0.05, 0) is 42.0 Å². The average Bonchev–Trinajstić information content (AvgIpc) is 3.28. The van der Waals surface area contributed by atoms with Crippen LogP contribution in [-0.2, 0) is 4.79 Å². The lowest BCUT2D eigenvalue weighted by Crippen LogP contribution is -2.23. The van der Waals surface area contributed by atoms with E-state index in [1.54, 1.807) is 24.5 Å². The lowest BCUT2D eigenvalue weighted by molar-refractivity contribution is -0.118. The molecule has 0 radical (unpaired) electrons. The lowest BCUT2D eigenvalue weighted by atomic mass is 9.95. The number of nitrogens with zero attached hydrogens (tertiary/aromatic N) is 4. The van der Waals surface area contributed by atoms with Crippen molar-refractivity contribution < 1.29 is 18.0 Å². The van der Waals surface area contributed by atoms with Crippen molar-refractivity contribution in [2.75, 3.05) is 5.32 Å². The van der Waals surface area contributed by atoms with Crippen molar-refractivity contribution in [2.24, 2.45) is 0 Å². The molecule has 2 N–H and O–H groups in total. The zero-order valence-corrected chi connectivity index (χ0v) is 18.7. The smallest absolute Gasteiger partial charge is 0.239 e. The molecule has 0 bridgehead atoms. The van der Waals surface area contributed by atoms with Gasteiger partial charge in [0.1, 0.15) is 23.5 Å². The summed E-state index contributed by atoms with van der Waals surface area (Å²) in [4.78, 5) is 33.4. The van der Waals surface area contributed by atoms with Gasteiger partial charge in [0.2, 0.25) is 12.3 Å². The Kier molecular flexibility index (Phi) is 6.40. The Morgan fingerprint density at radius 2 is 1.83 bits per heavy atom.